The van der Waals surface area contributed by atoms with Crippen LogP contribution in [0.2, 0.25) is 0 Å². The Morgan fingerprint density at radius 1 is 1.06 bits per heavy atom. The van der Waals surface area contributed by atoms with E-state index >= 15 is 0 Å². The van der Waals surface area contributed by atoms with Gasteiger partial charge in [-0.2, -0.15) is 0 Å². The molecule has 0 bridgehead atoms. The molecule has 0 aliphatic heterocycles. The minimum atomic E-state index is -4.71. The minimum absolute atomic E-state index is 0.226. The van der Waals surface area contributed by atoms with Crippen LogP contribution in [-0.2, 0) is 12.8 Å². The minimum Gasteiger partial charge on any atom is -0.406 e. The predicted octanol–water partition coefficient (Wildman–Crippen LogP) is 8.19. The zero-order valence-electron chi connectivity index (χ0n) is 20.6. The van der Waals surface area contributed by atoms with Crippen LogP contribution in [0.4, 0.5) is 24.8 Å². The van der Waals surface area contributed by atoms with Gasteiger partial charge >= 0.3 is 6.36 Å². The second kappa shape index (κ2) is 9.16. The zero-order valence-corrected chi connectivity index (χ0v) is 20.6. The number of ether oxygens (including phenoxy) is 1. The number of aromatic nitrogens is 2. The molecule has 1 aromatic heterocycles. The molecule has 1 heterocycles. The highest BCUT2D eigenvalue weighted by Gasteiger charge is 2.35. The summed E-state index contributed by atoms with van der Waals surface area (Å²) in [6, 6.07) is 10.5. The number of benzene rings is 2. The van der Waals surface area contributed by atoms with Gasteiger partial charge in [-0.3, -0.25) is 0 Å². The van der Waals surface area contributed by atoms with Crippen LogP contribution >= 0.6 is 0 Å². The van der Waals surface area contributed by atoms with Crippen LogP contribution in [0.15, 0.2) is 36.4 Å². The third kappa shape index (κ3) is 5.18. The van der Waals surface area contributed by atoms with Crippen molar-refractivity contribution < 1.29 is 17.9 Å². The molecule has 4 rings (SSSR count). The second-order valence-corrected chi connectivity index (χ2v) is 10.3. The molecule has 0 amide bonds. The van der Waals surface area contributed by atoms with E-state index in [9.17, 15) is 13.2 Å². The van der Waals surface area contributed by atoms with E-state index in [-0.39, 0.29) is 17.2 Å². The van der Waals surface area contributed by atoms with Crippen LogP contribution in [0.1, 0.15) is 71.0 Å². The number of alkyl halides is 3. The summed E-state index contributed by atoms with van der Waals surface area (Å²) in [5, 5.41) is 3.40. The van der Waals surface area contributed by atoms with Crippen molar-refractivity contribution in [1.29, 1.82) is 0 Å². The highest BCUT2D eigenvalue weighted by atomic mass is 19.4. The molecule has 7 heteroatoms. The number of halogens is 3. The van der Waals surface area contributed by atoms with E-state index in [0.29, 0.717) is 11.6 Å². The molecular formula is C27H34F3N3O. The molecule has 1 aliphatic carbocycles. The van der Waals surface area contributed by atoms with E-state index in [4.69, 9.17) is 4.98 Å². The Balaban J connectivity index is 1.78. The van der Waals surface area contributed by atoms with Gasteiger partial charge in [0.25, 0.3) is 0 Å². The normalized spacial score (nSPS) is 20.5. The van der Waals surface area contributed by atoms with Gasteiger partial charge in [0, 0.05) is 11.7 Å². The molecule has 1 aliphatic rings. The average molecular weight is 474 g/mol. The Hall–Kier alpha value is -2.70. The Kier molecular flexibility index (Phi) is 6.58. The van der Waals surface area contributed by atoms with Gasteiger partial charge in [-0.1, -0.05) is 40.7 Å². The summed E-state index contributed by atoms with van der Waals surface area (Å²) in [5.74, 6) is 1.09. The standard InChI is InChI=1S/C27H34F3N3O/c1-6-18-8-13-23-24(22(18)7-2)32-25(33(23)20-14-17(3)15-26(4,5)16-20)31-19-9-11-21(12-10-19)34-27(28,29)30/h8-13,17,20H,6-7,14-16H2,1-5H3,(H,31,32). The predicted molar refractivity (Wildman–Crippen MR) is 131 cm³/mol. The maximum atomic E-state index is 12.5. The maximum Gasteiger partial charge on any atom is 0.573 e. The van der Waals surface area contributed by atoms with E-state index in [1.807, 2.05) is 0 Å². The van der Waals surface area contributed by atoms with Gasteiger partial charge in [0.2, 0.25) is 5.95 Å². The van der Waals surface area contributed by atoms with Crippen molar-refractivity contribution in [2.75, 3.05) is 5.32 Å². The number of hydrogen-bond donors (Lipinski definition) is 1. The average Bonchev–Trinajstić information content (AvgIpc) is 3.09. The molecule has 3 aromatic rings. The lowest BCUT2D eigenvalue weighted by Gasteiger charge is -2.40. The monoisotopic (exact) mass is 473 g/mol. The lowest BCUT2D eigenvalue weighted by atomic mass is 9.70. The first-order valence-corrected chi connectivity index (χ1v) is 12.1. The Morgan fingerprint density at radius 2 is 1.76 bits per heavy atom. The molecule has 2 atom stereocenters. The number of nitrogens with zero attached hydrogens (tertiary/aromatic N) is 2. The number of imidazole rings is 1. The summed E-state index contributed by atoms with van der Waals surface area (Å²) < 4.78 is 44.0. The molecule has 2 aromatic carbocycles. The molecule has 1 saturated carbocycles. The molecule has 184 valence electrons. The summed E-state index contributed by atoms with van der Waals surface area (Å²) in [5.41, 5.74) is 5.59. The van der Waals surface area contributed by atoms with Gasteiger partial charge in [-0.25, -0.2) is 4.98 Å². The van der Waals surface area contributed by atoms with Crippen LogP contribution in [0.3, 0.4) is 0 Å². The molecule has 1 fully saturated rings. The van der Waals surface area contributed by atoms with Gasteiger partial charge in [-0.05, 0) is 84.9 Å². The first-order chi connectivity index (χ1) is 16.0. The zero-order chi connectivity index (χ0) is 24.7. The lowest BCUT2D eigenvalue weighted by molar-refractivity contribution is -0.274. The molecule has 0 spiro atoms. The van der Waals surface area contributed by atoms with E-state index in [1.54, 1.807) is 12.1 Å². The van der Waals surface area contributed by atoms with E-state index < -0.39 is 6.36 Å². The fraction of sp³-hybridized carbons (Fsp3) is 0.519. The van der Waals surface area contributed by atoms with Gasteiger partial charge < -0.3 is 14.6 Å². The fourth-order valence-corrected chi connectivity index (χ4v) is 5.80. The Labute approximate surface area is 199 Å². The number of fused-ring (bicyclic) bond motifs is 1. The van der Waals surface area contributed by atoms with Crippen molar-refractivity contribution in [2.45, 2.75) is 79.1 Å². The first kappa shape index (κ1) is 24.4. The number of hydrogen-bond acceptors (Lipinski definition) is 3. The molecule has 2 unspecified atom stereocenters. The summed E-state index contributed by atoms with van der Waals surface area (Å²) in [7, 11) is 0. The fourth-order valence-electron chi connectivity index (χ4n) is 5.80. The smallest absolute Gasteiger partial charge is 0.406 e. The lowest BCUT2D eigenvalue weighted by Crippen LogP contribution is -2.29. The third-order valence-corrected chi connectivity index (χ3v) is 6.87. The maximum absolute atomic E-state index is 12.5. The van der Waals surface area contributed by atoms with Gasteiger partial charge in [0.15, 0.2) is 0 Å². The Morgan fingerprint density at radius 3 is 2.35 bits per heavy atom. The number of nitrogens with one attached hydrogen (secondary N) is 1. The largest absolute Gasteiger partial charge is 0.573 e. The Bertz CT molecular complexity index is 1150. The third-order valence-electron chi connectivity index (χ3n) is 6.87. The van der Waals surface area contributed by atoms with Crippen LogP contribution in [0, 0.1) is 11.3 Å². The first-order valence-electron chi connectivity index (χ1n) is 12.1. The SMILES string of the molecule is CCc1ccc2c(nc(Nc3ccc(OC(F)(F)F)cc3)n2C2CC(C)CC(C)(C)C2)c1CC. The van der Waals surface area contributed by atoms with Crippen molar-refractivity contribution in [3.63, 3.8) is 0 Å². The molecule has 34 heavy (non-hydrogen) atoms. The van der Waals surface area contributed by atoms with E-state index in [2.05, 4.69) is 61.4 Å². The molecule has 4 nitrogen and oxygen atoms in total. The van der Waals surface area contributed by atoms with Crippen LogP contribution in [-0.4, -0.2) is 15.9 Å². The van der Waals surface area contributed by atoms with Crippen molar-refractivity contribution in [2.24, 2.45) is 11.3 Å². The van der Waals surface area contributed by atoms with Crippen LogP contribution < -0.4 is 10.1 Å². The summed E-state index contributed by atoms with van der Waals surface area (Å²) in [6.07, 6.45) is 0.447. The topological polar surface area (TPSA) is 39.1 Å². The summed E-state index contributed by atoms with van der Waals surface area (Å²) in [4.78, 5) is 5.06. The van der Waals surface area contributed by atoms with Crippen molar-refractivity contribution in [3.8, 4) is 5.75 Å². The second-order valence-electron chi connectivity index (χ2n) is 10.3. The van der Waals surface area contributed by atoms with Crippen LogP contribution in [0.25, 0.3) is 11.0 Å². The van der Waals surface area contributed by atoms with Crippen molar-refractivity contribution >= 4 is 22.7 Å². The quantitative estimate of drug-likeness (QED) is 0.392. The van der Waals surface area contributed by atoms with Crippen LogP contribution in [0.5, 0.6) is 5.75 Å². The number of aryl methyl sites for hydroxylation is 2. The van der Waals surface area contributed by atoms with Gasteiger partial charge in [-0.15, -0.1) is 13.2 Å². The number of rotatable bonds is 6. The van der Waals surface area contributed by atoms with Crippen molar-refractivity contribution in [3.05, 3.63) is 47.5 Å². The van der Waals surface area contributed by atoms with Crippen molar-refractivity contribution in [1.82, 2.24) is 9.55 Å². The van der Waals surface area contributed by atoms with E-state index in [0.717, 1.165) is 42.7 Å². The molecule has 0 radical (unpaired) electrons. The summed E-state index contributed by atoms with van der Waals surface area (Å²) >= 11 is 0. The number of anilines is 2. The molecule has 1 N–H and O–H groups in total. The van der Waals surface area contributed by atoms with E-state index in [1.165, 1.54) is 29.7 Å². The van der Waals surface area contributed by atoms with Gasteiger partial charge in [0.1, 0.15) is 5.75 Å². The highest BCUT2D eigenvalue weighted by Crippen LogP contribution is 2.46. The summed E-state index contributed by atoms with van der Waals surface area (Å²) in [6.45, 7) is 11.3. The molecule has 0 saturated heterocycles. The highest BCUT2D eigenvalue weighted by molar-refractivity contribution is 5.84. The van der Waals surface area contributed by atoms with Gasteiger partial charge in [0.05, 0.1) is 11.0 Å². The molecular weight excluding hydrogens is 439 g/mol.